The molecule has 0 aliphatic heterocycles. The minimum absolute atomic E-state index is 0.228. The number of carbonyl (C=O) groups is 1. The Balaban J connectivity index is 2.24. The van der Waals surface area contributed by atoms with Crippen molar-refractivity contribution in [2.75, 3.05) is 0 Å². The Morgan fingerprint density at radius 1 is 1.22 bits per heavy atom. The maximum absolute atomic E-state index is 12.0. The zero-order valence-electron chi connectivity index (χ0n) is 11.2. The van der Waals surface area contributed by atoms with Gasteiger partial charge in [-0.05, 0) is 43.5 Å². The summed E-state index contributed by atoms with van der Waals surface area (Å²) in [4.78, 5) is 16.5. The van der Waals surface area contributed by atoms with Crippen LogP contribution in [0.5, 0.6) is 0 Å². The first kappa shape index (κ1) is 12.7. The number of aryl methyl sites for hydroxylation is 1. The molecule has 0 saturated heterocycles. The quantitative estimate of drug-likeness (QED) is 0.752. The van der Waals surface area contributed by atoms with E-state index >= 15 is 0 Å². The highest BCUT2D eigenvalue weighted by Crippen LogP contribution is 2.17. The molecule has 0 saturated carbocycles. The highest BCUT2D eigenvalue weighted by Gasteiger charge is 2.08. The fraction of sp³-hybridized carbons (Fsp3) is 0.375. The van der Waals surface area contributed by atoms with Gasteiger partial charge in [-0.15, -0.1) is 0 Å². The number of carbonyl (C=O) groups excluding carboxylic acids is 1. The predicted molar refractivity (Wildman–Crippen MR) is 74.9 cm³/mol. The number of pyridine rings is 1. The van der Waals surface area contributed by atoms with Crippen molar-refractivity contribution in [3.63, 3.8) is 0 Å². The molecule has 0 amide bonds. The number of ketones is 1. The van der Waals surface area contributed by atoms with E-state index in [9.17, 15) is 4.79 Å². The minimum Gasteiger partial charge on any atom is -0.294 e. The summed E-state index contributed by atoms with van der Waals surface area (Å²) < 4.78 is 0. The van der Waals surface area contributed by atoms with Crippen LogP contribution in [0.4, 0.5) is 0 Å². The highest BCUT2D eigenvalue weighted by atomic mass is 16.1. The summed E-state index contributed by atoms with van der Waals surface area (Å²) in [7, 11) is 0. The van der Waals surface area contributed by atoms with Crippen molar-refractivity contribution >= 4 is 16.7 Å². The van der Waals surface area contributed by atoms with Gasteiger partial charge in [0.15, 0.2) is 5.78 Å². The Morgan fingerprint density at radius 3 is 2.72 bits per heavy atom. The van der Waals surface area contributed by atoms with E-state index in [0.717, 1.165) is 28.6 Å². The van der Waals surface area contributed by atoms with Gasteiger partial charge in [-0.2, -0.15) is 0 Å². The zero-order chi connectivity index (χ0) is 13.1. The normalized spacial score (nSPS) is 11.1. The summed E-state index contributed by atoms with van der Waals surface area (Å²) >= 11 is 0. The molecule has 0 N–H and O–H groups in total. The Kier molecular flexibility index (Phi) is 3.75. The molecule has 0 bridgehead atoms. The van der Waals surface area contributed by atoms with E-state index in [-0.39, 0.29) is 5.78 Å². The minimum atomic E-state index is 0.228. The van der Waals surface area contributed by atoms with E-state index in [1.807, 2.05) is 37.3 Å². The number of hydrogen-bond donors (Lipinski definition) is 0. The van der Waals surface area contributed by atoms with E-state index in [2.05, 4.69) is 18.8 Å². The van der Waals surface area contributed by atoms with Gasteiger partial charge in [0.05, 0.1) is 5.52 Å². The van der Waals surface area contributed by atoms with Crippen LogP contribution >= 0.6 is 0 Å². The van der Waals surface area contributed by atoms with E-state index in [0.29, 0.717) is 12.3 Å². The first-order chi connectivity index (χ1) is 8.56. The number of rotatable bonds is 4. The summed E-state index contributed by atoms with van der Waals surface area (Å²) in [5, 5.41) is 1.04. The average Bonchev–Trinajstić information content (AvgIpc) is 2.35. The first-order valence-electron chi connectivity index (χ1n) is 6.47. The lowest BCUT2D eigenvalue weighted by Gasteiger charge is -2.05. The summed E-state index contributed by atoms with van der Waals surface area (Å²) in [5.41, 5.74) is 2.76. The summed E-state index contributed by atoms with van der Waals surface area (Å²) in [6, 6.07) is 9.77. The van der Waals surface area contributed by atoms with E-state index in [4.69, 9.17) is 0 Å². The van der Waals surface area contributed by atoms with Gasteiger partial charge < -0.3 is 0 Å². The Hall–Kier alpha value is -1.70. The van der Waals surface area contributed by atoms with Crippen molar-refractivity contribution in [3.8, 4) is 0 Å². The van der Waals surface area contributed by atoms with Gasteiger partial charge in [0.25, 0.3) is 0 Å². The molecule has 2 aromatic rings. The standard InChI is InChI=1S/C16H19NO/c1-11(2)4-9-16(18)14-7-8-15-13(10-14)6-5-12(3)17-15/h5-8,10-11H,4,9H2,1-3H3. The molecule has 1 heterocycles. The third kappa shape index (κ3) is 2.95. The molecule has 0 fully saturated rings. The molecule has 0 atom stereocenters. The van der Waals surface area contributed by atoms with Crippen LogP contribution in [-0.2, 0) is 0 Å². The molecule has 1 aromatic heterocycles. The average molecular weight is 241 g/mol. The number of hydrogen-bond acceptors (Lipinski definition) is 2. The van der Waals surface area contributed by atoms with E-state index in [1.165, 1.54) is 0 Å². The van der Waals surface area contributed by atoms with Crippen molar-refractivity contribution in [1.82, 2.24) is 4.98 Å². The smallest absolute Gasteiger partial charge is 0.162 e. The Bertz CT molecular complexity index is 572. The fourth-order valence-electron chi connectivity index (χ4n) is 1.97. The third-order valence-electron chi connectivity index (χ3n) is 3.10. The topological polar surface area (TPSA) is 30.0 Å². The van der Waals surface area contributed by atoms with Crippen LogP contribution in [-0.4, -0.2) is 10.8 Å². The van der Waals surface area contributed by atoms with Crippen LogP contribution in [0.15, 0.2) is 30.3 Å². The lowest BCUT2D eigenvalue weighted by molar-refractivity contribution is 0.0975. The highest BCUT2D eigenvalue weighted by molar-refractivity contribution is 5.99. The van der Waals surface area contributed by atoms with Gasteiger partial charge in [0.2, 0.25) is 0 Å². The number of aromatic nitrogens is 1. The molecule has 0 radical (unpaired) electrons. The lowest BCUT2D eigenvalue weighted by Crippen LogP contribution is -2.01. The van der Waals surface area contributed by atoms with Crippen molar-refractivity contribution in [1.29, 1.82) is 0 Å². The first-order valence-corrected chi connectivity index (χ1v) is 6.47. The van der Waals surface area contributed by atoms with Crippen LogP contribution in [0.3, 0.4) is 0 Å². The lowest BCUT2D eigenvalue weighted by atomic mass is 10.00. The monoisotopic (exact) mass is 241 g/mol. The van der Waals surface area contributed by atoms with Gasteiger partial charge in [0.1, 0.15) is 0 Å². The molecule has 2 rings (SSSR count). The molecule has 2 nitrogen and oxygen atoms in total. The van der Waals surface area contributed by atoms with Crippen molar-refractivity contribution in [2.45, 2.75) is 33.6 Å². The second-order valence-corrected chi connectivity index (χ2v) is 5.22. The summed E-state index contributed by atoms with van der Waals surface area (Å²) in [6.45, 7) is 6.25. The maximum Gasteiger partial charge on any atom is 0.162 e. The molecular weight excluding hydrogens is 222 g/mol. The molecule has 0 aliphatic rings. The molecule has 0 unspecified atom stereocenters. The molecule has 0 aliphatic carbocycles. The van der Waals surface area contributed by atoms with Crippen molar-refractivity contribution < 1.29 is 4.79 Å². The Labute approximate surface area is 108 Å². The van der Waals surface area contributed by atoms with Gasteiger partial charge in [0, 0.05) is 23.1 Å². The second-order valence-electron chi connectivity index (χ2n) is 5.22. The van der Waals surface area contributed by atoms with Gasteiger partial charge in [-0.3, -0.25) is 9.78 Å². The van der Waals surface area contributed by atoms with Gasteiger partial charge in [-0.1, -0.05) is 19.9 Å². The second kappa shape index (κ2) is 5.30. The largest absolute Gasteiger partial charge is 0.294 e. The van der Waals surface area contributed by atoms with Crippen molar-refractivity contribution in [3.05, 3.63) is 41.6 Å². The van der Waals surface area contributed by atoms with E-state index in [1.54, 1.807) is 0 Å². The van der Waals surface area contributed by atoms with Gasteiger partial charge >= 0.3 is 0 Å². The van der Waals surface area contributed by atoms with Crippen LogP contribution in [0.2, 0.25) is 0 Å². The fourth-order valence-corrected chi connectivity index (χ4v) is 1.97. The van der Waals surface area contributed by atoms with Crippen LogP contribution < -0.4 is 0 Å². The van der Waals surface area contributed by atoms with Crippen LogP contribution in [0.1, 0.15) is 42.7 Å². The van der Waals surface area contributed by atoms with Gasteiger partial charge in [-0.25, -0.2) is 0 Å². The molecular formula is C16H19NO. The molecule has 18 heavy (non-hydrogen) atoms. The van der Waals surface area contributed by atoms with Crippen molar-refractivity contribution in [2.24, 2.45) is 5.92 Å². The van der Waals surface area contributed by atoms with E-state index < -0.39 is 0 Å². The maximum atomic E-state index is 12.0. The third-order valence-corrected chi connectivity index (χ3v) is 3.10. The number of fused-ring (bicyclic) bond motifs is 1. The van der Waals surface area contributed by atoms with Crippen LogP contribution in [0.25, 0.3) is 10.9 Å². The summed E-state index contributed by atoms with van der Waals surface area (Å²) in [6.07, 6.45) is 1.57. The summed E-state index contributed by atoms with van der Waals surface area (Å²) in [5.74, 6) is 0.796. The number of nitrogens with zero attached hydrogens (tertiary/aromatic N) is 1. The van der Waals surface area contributed by atoms with Crippen LogP contribution in [0, 0.1) is 12.8 Å². The Morgan fingerprint density at radius 2 is 2.00 bits per heavy atom. The number of Topliss-reactive ketones (excluding diaryl/α,β-unsaturated/α-hetero) is 1. The molecule has 1 aromatic carbocycles. The molecule has 0 spiro atoms. The number of benzene rings is 1. The molecule has 2 heteroatoms. The predicted octanol–water partition coefficient (Wildman–Crippen LogP) is 4.16. The SMILES string of the molecule is Cc1ccc2cc(C(=O)CCC(C)C)ccc2n1. The zero-order valence-corrected chi connectivity index (χ0v) is 11.2. The molecule has 94 valence electrons.